The molecule has 0 fully saturated rings. The van der Waals surface area contributed by atoms with Gasteiger partial charge in [0.25, 0.3) is 10.5 Å². The number of nitrogens with zero attached hydrogens (tertiary/aromatic N) is 1. The number of ether oxygens (including phenoxy) is 3. The Hall–Kier alpha value is -2.39. The molecule has 0 rings (SSSR count). The molecule has 0 saturated heterocycles. The number of esters is 3. The number of hydrogen-bond donors (Lipinski definition) is 0. The summed E-state index contributed by atoms with van der Waals surface area (Å²) in [6.07, 6.45) is 0. The van der Waals surface area contributed by atoms with E-state index in [1.807, 2.05) is 0 Å². The molecule has 0 bridgehead atoms. The molecule has 0 aliphatic heterocycles. The standard InChI is InChI=1S/C8H11NO9/c1-15-5(10)8(6(11)16-2,7(12)17-3)4-18-9(13)14/h4H2,1-3H3. The zero-order valence-corrected chi connectivity index (χ0v) is 9.83. The van der Waals surface area contributed by atoms with E-state index in [9.17, 15) is 24.5 Å². The summed E-state index contributed by atoms with van der Waals surface area (Å²) in [5, 5.41) is 8.83. The van der Waals surface area contributed by atoms with Gasteiger partial charge in [-0.15, -0.1) is 10.1 Å². The van der Waals surface area contributed by atoms with E-state index in [0.717, 1.165) is 21.3 Å². The molecule has 0 amide bonds. The van der Waals surface area contributed by atoms with Crippen LogP contribution in [0.4, 0.5) is 0 Å². The topological polar surface area (TPSA) is 131 Å². The molecule has 0 N–H and O–H groups in total. The number of hydrogen-bond acceptors (Lipinski definition) is 9. The summed E-state index contributed by atoms with van der Waals surface area (Å²) in [5.41, 5.74) is -2.69. The third-order valence-electron chi connectivity index (χ3n) is 1.99. The SMILES string of the molecule is COC(=O)C(CO[N+](=O)[O-])(C(=O)OC)C(=O)OC. The molecule has 0 saturated carbocycles. The van der Waals surface area contributed by atoms with Gasteiger partial charge in [0.2, 0.25) is 0 Å². The van der Waals surface area contributed by atoms with Crippen molar-refractivity contribution < 1.29 is 38.5 Å². The second-order valence-electron chi connectivity index (χ2n) is 2.88. The van der Waals surface area contributed by atoms with Crippen molar-refractivity contribution in [1.82, 2.24) is 0 Å². The molecule has 0 radical (unpaired) electrons. The van der Waals surface area contributed by atoms with Crippen LogP contribution in [0.2, 0.25) is 0 Å². The van der Waals surface area contributed by atoms with Gasteiger partial charge in [0.05, 0.1) is 21.3 Å². The van der Waals surface area contributed by atoms with Gasteiger partial charge in [0, 0.05) is 0 Å². The fourth-order valence-corrected chi connectivity index (χ4v) is 1.10. The lowest BCUT2D eigenvalue weighted by molar-refractivity contribution is -0.759. The third-order valence-corrected chi connectivity index (χ3v) is 1.99. The first-order valence-corrected chi connectivity index (χ1v) is 4.39. The minimum Gasteiger partial charge on any atom is -0.468 e. The summed E-state index contributed by atoms with van der Waals surface area (Å²) in [4.78, 5) is 48.6. The lowest BCUT2D eigenvalue weighted by Crippen LogP contribution is -2.52. The van der Waals surface area contributed by atoms with Gasteiger partial charge in [-0.1, -0.05) is 0 Å². The summed E-state index contributed by atoms with van der Waals surface area (Å²) in [5.74, 6) is -4.16. The molecule has 102 valence electrons. The molecule has 0 heterocycles. The van der Waals surface area contributed by atoms with Crippen LogP contribution in [0.15, 0.2) is 0 Å². The first-order chi connectivity index (χ1) is 8.36. The average molecular weight is 265 g/mol. The van der Waals surface area contributed by atoms with Crippen molar-refractivity contribution >= 4 is 17.9 Å². The third kappa shape index (κ3) is 2.84. The molecule has 0 aromatic heterocycles. The molecule has 0 unspecified atom stereocenters. The molecule has 10 nitrogen and oxygen atoms in total. The molecule has 0 spiro atoms. The maximum Gasteiger partial charge on any atom is 0.337 e. The van der Waals surface area contributed by atoms with Gasteiger partial charge in [0.15, 0.2) is 0 Å². The highest BCUT2D eigenvalue weighted by Crippen LogP contribution is 2.24. The Kier molecular flexibility index (Phi) is 5.53. The summed E-state index contributed by atoms with van der Waals surface area (Å²) in [6.45, 7) is -1.20. The first kappa shape index (κ1) is 15.6. The van der Waals surface area contributed by atoms with Crippen LogP contribution in [0, 0.1) is 15.5 Å². The van der Waals surface area contributed by atoms with Crippen molar-refractivity contribution in [2.45, 2.75) is 0 Å². The van der Waals surface area contributed by atoms with Crippen molar-refractivity contribution in [3.63, 3.8) is 0 Å². The predicted molar refractivity (Wildman–Crippen MR) is 51.4 cm³/mol. The highest BCUT2D eigenvalue weighted by Gasteiger charge is 2.58. The molecule has 0 aromatic rings. The zero-order valence-electron chi connectivity index (χ0n) is 9.83. The van der Waals surface area contributed by atoms with Crippen LogP contribution in [0.5, 0.6) is 0 Å². The van der Waals surface area contributed by atoms with Gasteiger partial charge in [-0.05, 0) is 0 Å². The van der Waals surface area contributed by atoms with Crippen molar-refractivity contribution in [3.05, 3.63) is 10.1 Å². The fraction of sp³-hybridized carbons (Fsp3) is 0.625. The summed E-state index contributed by atoms with van der Waals surface area (Å²) in [7, 11) is 2.65. The van der Waals surface area contributed by atoms with Gasteiger partial charge in [-0.3, -0.25) is 14.4 Å². The Bertz CT molecular complexity index is 323. The summed E-state index contributed by atoms with van der Waals surface area (Å²) >= 11 is 0. The van der Waals surface area contributed by atoms with E-state index in [-0.39, 0.29) is 0 Å². The number of methoxy groups -OCH3 is 3. The van der Waals surface area contributed by atoms with E-state index in [1.165, 1.54) is 0 Å². The van der Waals surface area contributed by atoms with Crippen molar-refractivity contribution in [2.75, 3.05) is 27.9 Å². The highest BCUT2D eigenvalue weighted by atomic mass is 17.0. The lowest BCUT2D eigenvalue weighted by atomic mass is 9.89. The predicted octanol–water partition coefficient (Wildman–Crippen LogP) is -1.30. The van der Waals surface area contributed by atoms with E-state index in [4.69, 9.17) is 0 Å². The zero-order chi connectivity index (χ0) is 14.3. The Morgan fingerprint density at radius 3 is 1.56 bits per heavy atom. The van der Waals surface area contributed by atoms with Gasteiger partial charge < -0.3 is 19.0 Å². The Labute approximate surface area is 101 Å². The van der Waals surface area contributed by atoms with Gasteiger partial charge in [-0.2, -0.15) is 0 Å². The van der Waals surface area contributed by atoms with Gasteiger partial charge >= 0.3 is 17.9 Å². The second kappa shape index (κ2) is 6.37. The van der Waals surface area contributed by atoms with Crippen LogP contribution in [0.25, 0.3) is 0 Å². The molecule has 0 aromatic carbocycles. The molecule has 0 aliphatic rings. The van der Waals surface area contributed by atoms with Crippen LogP contribution in [0.3, 0.4) is 0 Å². The quantitative estimate of drug-likeness (QED) is 0.189. The van der Waals surface area contributed by atoms with E-state index in [2.05, 4.69) is 19.0 Å². The molecular formula is C8H11NO9. The van der Waals surface area contributed by atoms with Crippen molar-refractivity contribution in [2.24, 2.45) is 5.41 Å². The number of carbonyl (C=O) groups is 3. The van der Waals surface area contributed by atoms with Crippen molar-refractivity contribution in [1.29, 1.82) is 0 Å². The van der Waals surface area contributed by atoms with Gasteiger partial charge in [-0.25, -0.2) is 0 Å². The average Bonchev–Trinajstić information content (AvgIpc) is 2.37. The highest BCUT2D eigenvalue weighted by molar-refractivity contribution is 6.18. The van der Waals surface area contributed by atoms with Crippen LogP contribution >= 0.6 is 0 Å². The van der Waals surface area contributed by atoms with E-state index in [1.54, 1.807) is 0 Å². The Balaban J connectivity index is 5.54. The van der Waals surface area contributed by atoms with Crippen molar-refractivity contribution in [3.8, 4) is 0 Å². The van der Waals surface area contributed by atoms with E-state index < -0.39 is 35.0 Å². The molecule has 0 aliphatic carbocycles. The van der Waals surface area contributed by atoms with Crippen LogP contribution in [0.1, 0.15) is 0 Å². The summed E-state index contributed by atoms with van der Waals surface area (Å²) < 4.78 is 12.8. The molecule has 10 heteroatoms. The monoisotopic (exact) mass is 265 g/mol. The van der Waals surface area contributed by atoms with E-state index >= 15 is 0 Å². The molecular weight excluding hydrogens is 254 g/mol. The molecule has 18 heavy (non-hydrogen) atoms. The lowest BCUT2D eigenvalue weighted by Gasteiger charge is -2.23. The Morgan fingerprint density at radius 1 is 1.00 bits per heavy atom. The Morgan fingerprint density at radius 2 is 1.33 bits per heavy atom. The van der Waals surface area contributed by atoms with Gasteiger partial charge in [0.1, 0.15) is 6.61 Å². The molecule has 0 atom stereocenters. The fourth-order valence-electron chi connectivity index (χ4n) is 1.10. The van der Waals surface area contributed by atoms with Crippen LogP contribution in [-0.2, 0) is 33.4 Å². The first-order valence-electron chi connectivity index (χ1n) is 4.39. The number of carbonyl (C=O) groups excluding carboxylic acids is 3. The van der Waals surface area contributed by atoms with Crippen LogP contribution < -0.4 is 0 Å². The van der Waals surface area contributed by atoms with E-state index in [0.29, 0.717) is 0 Å². The number of rotatable bonds is 6. The maximum absolute atomic E-state index is 11.5. The second-order valence-corrected chi connectivity index (χ2v) is 2.88. The largest absolute Gasteiger partial charge is 0.468 e. The normalized spacial score (nSPS) is 10.2. The summed E-state index contributed by atoms with van der Waals surface area (Å²) in [6, 6.07) is 0. The smallest absolute Gasteiger partial charge is 0.337 e. The minimum atomic E-state index is -2.69. The van der Waals surface area contributed by atoms with Crippen LogP contribution in [-0.4, -0.2) is 50.9 Å². The minimum absolute atomic E-state index is 0.884. The maximum atomic E-state index is 11.5.